The Balaban J connectivity index is 2.55. The normalized spacial score (nSPS) is 11.8. The molecule has 0 saturated carbocycles. The van der Waals surface area contributed by atoms with Crippen molar-refractivity contribution in [1.29, 1.82) is 0 Å². The number of hydrogen-bond acceptors (Lipinski definition) is 2. The van der Waals surface area contributed by atoms with E-state index in [0.717, 1.165) is 0 Å². The van der Waals surface area contributed by atoms with E-state index in [9.17, 15) is 9.36 Å². The average molecular weight is 357 g/mol. The minimum atomic E-state index is -3.40. The molecule has 0 heterocycles. The Bertz CT molecular complexity index is 673. The third kappa shape index (κ3) is 4.61. The van der Waals surface area contributed by atoms with Gasteiger partial charge in [0.05, 0.1) is 0 Å². The highest BCUT2D eigenvalue weighted by Crippen LogP contribution is 2.46. The van der Waals surface area contributed by atoms with Gasteiger partial charge in [0.1, 0.15) is 0 Å². The largest absolute Gasteiger partial charge is 0.335 e. The van der Waals surface area contributed by atoms with Crippen molar-refractivity contribution >= 4 is 23.4 Å². The Morgan fingerprint density at radius 1 is 0.800 bits per heavy atom. The van der Waals surface area contributed by atoms with Gasteiger partial charge in [0.25, 0.3) is 5.65 Å². The van der Waals surface area contributed by atoms with Gasteiger partial charge >= 0.3 is 0 Å². The first-order valence-corrected chi connectivity index (χ1v) is 10.6. The molecule has 0 unspecified atom stereocenters. The summed E-state index contributed by atoms with van der Waals surface area (Å²) in [7, 11) is -3.40. The molecule has 0 aliphatic carbocycles. The lowest BCUT2D eigenvalue weighted by Gasteiger charge is -2.30. The Morgan fingerprint density at radius 3 is 1.48 bits per heavy atom. The van der Waals surface area contributed by atoms with E-state index in [0.29, 0.717) is 35.5 Å². The second-order valence-electron chi connectivity index (χ2n) is 7.26. The van der Waals surface area contributed by atoms with E-state index in [2.05, 4.69) is 27.7 Å². The van der Waals surface area contributed by atoms with E-state index in [-0.39, 0.29) is 5.65 Å². The summed E-state index contributed by atoms with van der Waals surface area (Å²) in [5, 5.41) is 1.20. The van der Waals surface area contributed by atoms with Gasteiger partial charge in [-0.3, -0.25) is 4.79 Å². The van der Waals surface area contributed by atoms with E-state index < -0.39 is 7.14 Å². The number of nitrogens with zero attached hydrogens (tertiary/aromatic N) is 1. The summed E-state index contributed by atoms with van der Waals surface area (Å²) in [6, 6.07) is 18.3. The fourth-order valence-electron chi connectivity index (χ4n) is 2.96. The van der Waals surface area contributed by atoms with Gasteiger partial charge in [-0.25, -0.2) is 0 Å². The number of benzene rings is 2. The van der Waals surface area contributed by atoms with Crippen LogP contribution in [0.25, 0.3) is 0 Å². The zero-order chi connectivity index (χ0) is 18.4. The summed E-state index contributed by atoms with van der Waals surface area (Å²) in [6.45, 7) is 9.54. The zero-order valence-corrected chi connectivity index (χ0v) is 16.4. The van der Waals surface area contributed by atoms with Crippen molar-refractivity contribution in [2.45, 2.75) is 27.7 Å². The van der Waals surface area contributed by atoms with Crippen LogP contribution in [0.1, 0.15) is 27.7 Å². The van der Waals surface area contributed by atoms with Crippen LogP contribution in [0.4, 0.5) is 4.79 Å². The predicted molar refractivity (Wildman–Crippen MR) is 106 cm³/mol. The van der Waals surface area contributed by atoms with Crippen molar-refractivity contribution in [3.63, 3.8) is 0 Å². The van der Waals surface area contributed by atoms with Gasteiger partial charge in [0.2, 0.25) is 7.14 Å². The minimum absolute atomic E-state index is 0.257. The van der Waals surface area contributed by atoms with Crippen molar-refractivity contribution in [2.24, 2.45) is 11.8 Å². The molecular formula is C21H28NO2P. The first-order valence-electron chi connectivity index (χ1n) is 8.86. The van der Waals surface area contributed by atoms with Crippen LogP contribution in [0.5, 0.6) is 0 Å². The van der Waals surface area contributed by atoms with Crippen LogP contribution >= 0.6 is 7.14 Å². The summed E-state index contributed by atoms with van der Waals surface area (Å²) >= 11 is 0. The van der Waals surface area contributed by atoms with E-state index >= 15 is 0 Å². The van der Waals surface area contributed by atoms with Gasteiger partial charge in [0, 0.05) is 23.7 Å². The molecule has 0 spiro atoms. The van der Waals surface area contributed by atoms with Crippen LogP contribution in [-0.4, -0.2) is 23.6 Å². The van der Waals surface area contributed by atoms with Crippen molar-refractivity contribution < 1.29 is 9.36 Å². The van der Waals surface area contributed by atoms with Gasteiger partial charge in [0.15, 0.2) is 0 Å². The van der Waals surface area contributed by atoms with E-state index in [1.54, 1.807) is 29.2 Å². The second kappa shape index (κ2) is 8.49. The highest BCUT2D eigenvalue weighted by Gasteiger charge is 2.39. The lowest BCUT2D eigenvalue weighted by Crippen LogP contribution is -2.39. The molecule has 0 N–H and O–H groups in total. The molecule has 2 rings (SSSR count). The SMILES string of the molecule is CC(C)CN(CC(C)C)C(=O)P(=O)(c1ccccc1)c1ccccc1. The van der Waals surface area contributed by atoms with Crippen LogP contribution < -0.4 is 10.6 Å². The molecule has 2 aromatic carbocycles. The third-order valence-corrected chi connectivity index (χ3v) is 6.82. The van der Waals surface area contributed by atoms with Crippen LogP contribution in [0, 0.1) is 11.8 Å². The lowest BCUT2D eigenvalue weighted by atomic mass is 10.1. The molecule has 4 heteroatoms. The molecular weight excluding hydrogens is 329 g/mol. The first-order chi connectivity index (χ1) is 11.9. The van der Waals surface area contributed by atoms with Crippen LogP contribution in [0.2, 0.25) is 0 Å². The molecule has 3 nitrogen and oxygen atoms in total. The van der Waals surface area contributed by atoms with Crippen LogP contribution in [0.15, 0.2) is 60.7 Å². The quantitative estimate of drug-likeness (QED) is 0.672. The van der Waals surface area contributed by atoms with Gasteiger partial charge in [-0.2, -0.15) is 0 Å². The molecule has 0 saturated heterocycles. The van der Waals surface area contributed by atoms with E-state index in [4.69, 9.17) is 0 Å². The molecule has 0 fully saturated rings. The standard InChI is InChI=1S/C21H28NO2P/c1-17(2)15-22(16-18(3)4)21(23)25(24,19-11-7-5-8-12-19)20-13-9-6-10-14-20/h5-14,17-18H,15-16H2,1-4H3. The Hall–Kier alpha value is -1.86. The minimum Gasteiger partial charge on any atom is -0.335 e. The van der Waals surface area contributed by atoms with Crippen molar-refractivity contribution in [2.75, 3.05) is 13.1 Å². The maximum atomic E-state index is 14.1. The predicted octanol–water partition coefficient (Wildman–Crippen LogP) is 4.73. The molecule has 134 valence electrons. The van der Waals surface area contributed by atoms with Crippen molar-refractivity contribution in [1.82, 2.24) is 4.90 Å². The molecule has 0 aromatic heterocycles. The summed E-state index contributed by atoms with van der Waals surface area (Å²) in [4.78, 5) is 15.3. The number of hydrogen-bond donors (Lipinski definition) is 0. The van der Waals surface area contributed by atoms with Gasteiger partial charge < -0.3 is 9.46 Å². The maximum Gasteiger partial charge on any atom is 0.290 e. The molecule has 0 aliphatic rings. The summed E-state index contributed by atoms with van der Waals surface area (Å²) in [5.74, 6) is 0.644. The molecule has 0 atom stereocenters. The molecule has 0 bridgehead atoms. The van der Waals surface area contributed by atoms with Crippen molar-refractivity contribution in [3.8, 4) is 0 Å². The Labute approximate surface area is 151 Å². The van der Waals surface area contributed by atoms with E-state index in [1.807, 2.05) is 36.4 Å². The number of carbonyl (C=O) groups excluding carboxylic acids is 1. The first kappa shape index (κ1) is 19.5. The highest BCUT2D eigenvalue weighted by molar-refractivity contribution is 7.92. The lowest BCUT2D eigenvalue weighted by molar-refractivity contribution is 0.205. The van der Waals surface area contributed by atoms with Crippen LogP contribution in [-0.2, 0) is 4.57 Å². The smallest absolute Gasteiger partial charge is 0.290 e. The third-order valence-electron chi connectivity index (χ3n) is 3.95. The molecule has 0 radical (unpaired) electrons. The number of amides is 1. The fourth-order valence-corrected chi connectivity index (χ4v) is 5.44. The fraction of sp³-hybridized carbons (Fsp3) is 0.381. The summed E-state index contributed by atoms with van der Waals surface area (Å²) in [5.41, 5.74) is -0.257. The average Bonchev–Trinajstić information content (AvgIpc) is 2.60. The molecule has 1 amide bonds. The van der Waals surface area contributed by atoms with Gasteiger partial charge in [-0.15, -0.1) is 0 Å². The van der Waals surface area contributed by atoms with Gasteiger partial charge in [-0.1, -0.05) is 88.4 Å². The second-order valence-corrected chi connectivity index (χ2v) is 9.89. The topological polar surface area (TPSA) is 37.4 Å². The van der Waals surface area contributed by atoms with Gasteiger partial charge in [-0.05, 0) is 11.8 Å². The molecule has 25 heavy (non-hydrogen) atoms. The van der Waals surface area contributed by atoms with Crippen LogP contribution in [0.3, 0.4) is 0 Å². The monoisotopic (exact) mass is 357 g/mol. The Morgan fingerprint density at radius 2 is 1.16 bits per heavy atom. The zero-order valence-electron chi connectivity index (χ0n) is 15.6. The maximum absolute atomic E-state index is 14.1. The highest BCUT2D eigenvalue weighted by atomic mass is 31.2. The Kier molecular flexibility index (Phi) is 6.61. The summed E-state index contributed by atoms with van der Waals surface area (Å²) < 4.78 is 14.1. The number of carbonyl (C=O) groups is 1. The molecule has 0 aliphatic heterocycles. The van der Waals surface area contributed by atoms with Crippen molar-refractivity contribution in [3.05, 3.63) is 60.7 Å². The van der Waals surface area contributed by atoms with E-state index in [1.165, 1.54) is 0 Å². The number of rotatable bonds is 7. The molecule has 2 aromatic rings. The summed E-state index contributed by atoms with van der Waals surface area (Å²) in [6.07, 6.45) is 0.